The molecule has 1 fully saturated rings. The predicted molar refractivity (Wildman–Crippen MR) is 50.5 cm³/mol. The normalized spacial score (nSPS) is 19.2. The van der Waals surface area contributed by atoms with Gasteiger partial charge in [-0.25, -0.2) is 4.39 Å². The van der Waals surface area contributed by atoms with Crippen molar-refractivity contribution in [1.82, 2.24) is 4.90 Å². The second kappa shape index (κ2) is 5.76. The molecule has 0 aliphatic heterocycles. The van der Waals surface area contributed by atoms with E-state index < -0.39 is 0 Å². The molecule has 72 valence electrons. The van der Waals surface area contributed by atoms with Crippen molar-refractivity contribution in [3.05, 3.63) is 0 Å². The van der Waals surface area contributed by atoms with Gasteiger partial charge in [0.2, 0.25) is 0 Å². The lowest BCUT2D eigenvalue weighted by Crippen LogP contribution is -2.36. The Morgan fingerprint density at radius 1 is 1.25 bits per heavy atom. The fourth-order valence-electron chi connectivity index (χ4n) is 1.96. The Morgan fingerprint density at radius 2 is 1.92 bits per heavy atom. The van der Waals surface area contributed by atoms with Crippen molar-refractivity contribution < 1.29 is 4.39 Å². The highest BCUT2D eigenvalue weighted by atomic mass is 35.5. The topological polar surface area (TPSA) is 3.24 Å². The summed E-state index contributed by atoms with van der Waals surface area (Å²) in [5.74, 6) is 0.622. The molecule has 0 spiro atoms. The van der Waals surface area contributed by atoms with Crippen LogP contribution in [-0.2, 0) is 0 Å². The number of rotatable bonds is 5. The molecule has 12 heavy (non-hydrogen) atoms. The third kappa shape index (κ3) is 2.91. The van der Waals surface area contributed by atoms with Gasteiger partial charge in [-0.2, -0.15) is 0 Å². The molecule has 0 atom stereocenters. The van der Waals surface area contributed by atoms with Crippen LogP contribution in [0.15, 0.2) is 0 Å². The monoisotopic (exact) mass is 193 g/mol. The highest BCUT2D eigenvalue weighted by molar-refractivity contribution is 6.18. The minimum atomic E-state index is -0.243. The Morgan fingerprint density at radius 3 is 2.42 bits per heavy atom. The molecular formula is C9H17ClFN. The van der Waals surface area contributed by atoms with Crippen LogP contribution in [0.2, 0.25) is 0 Å². The maximum absolute atomic E-state index is 12.1. The molecular weight excluding hydrogens is 177 g/mol. The molecule has 0 bridgehead atoms. The van der Waals surface area contributed by atoms with E-state index >= 15 is 0 Å². The molecule has 0 N–H and O–H groups in total. The molecule has 1 saturated carbocycles. The zero-order chi connectivity index (χ0) is 8.81. The summed E-state index contributed by atoms with van der Waals surface area (Å²) in [5.41, 5.74) is 0. The van der Waals surface area contributed by atoms with Crippen molar-refractivity contribution in [1.29, 1.82) is 0 Å². The van der Waals surface area contributed by atoms with Crippen LogP contribution in [0.25, 0.3) is 0 Å². The van der Waals surface area contributed by atoms with E-state index in [1.807, 2.05) is 0 Å². The summed E-state index contributed by atoms with van der Waals surface area (Å²) in [6.07, 6.45) is 5.07. The average Bonchev–Trinajstić information content (AvgIpc) is 2.56. The fourth-order valence-corrected chi connectivity index (χ4v) is 2.18. The van der Waals surface area contributed by atoms with Crippen molar-refractivity contribution in [3.8, 4) is 0 Å². The van der Waals surface area contributed by atoms with E-state index in [1.165, 1.54) is 25.7 Å². The molecule has 1 rings (SSSR count). The molecule has 3 heteroatoms. The quantitative estimate of drug-likeness (QED) is 0.607. The minimum absolute atomic E-state index is 0.243. The van der Waals surface area contributed by atoms with Crippen LogP contribution in [0.5, 0.6) is 0 Å². The van der Waals surface area contributed by atoms with E-state index in [4.69, 9.17) is 11.6 Å². The van der Waals surface area contributed by atoms with Gasteiger partial charge in [0.15, 0.2) is 0 Å². The van der Waals surface area contributed by atoms with E-state index in [0.717, 1.165) is 6.54 Å². The lowest BCUT2D eigenvalue weighted by Gasteiger charge is -2.26. The largest absolute Gasteiger partial charge is 0.297 e. The summed E-state index contributed by atoms with van der Waals surface area (Å²) < 4.78 is 12.1. The zero-order valence-electron chi connectivity index (χ0n) is 7.44. The molecule has 1 nitrogen and oxygen atoms in total. The van der Waals surface area contributed by atoms with Crippen molar-refractivity contribution in [2.75, 3.05) is 25.6 Å². The fraction of sp³-hybridized carbons (Fsp3) is 1.00. The molecule has 0 heterocycles. The second-order valence-electron chi connectivity index (χ2n) is 3.35. The molecule has 1 aliphatic carbocycles. The van der Waals surface area contributed by atoms with Gasteiger partial charge in [0.25, 0.3) is 0 Å². The lowest BCUT2D eigenvalue weighted by atomic mass is 10.2. The summed E-state index contributed by atoms with van der Waals surface area (Å²) in [6, 6.07) is 0.611. The molecule has 0 aromatic rings. The molecule has 0 aromatic heterocycles. The van der Waals surface area contributed by atoms with Crippen LogP contribution in [-0.4, -0.2) is 36.6 Å². The number of halogens is 2. The standard InChI is InChI=1S/C9H17ClFN/c10-5-7-12(8-6-11)9-3-1-2-4-9/h9H,1-8H2. The summed E-state index contributed by atoms with van der Waals surface area (Å²) in [6.45, 7) is 1.17. The predicted octanol–water partition coefficient (Wildman–Crippen LogP) is 2.44. The third-order valence-corrected chi connectivity index (χ3v) is 2.75. The summed E-state index contributed by atoms with van der Waals surface area (Å²) in [4.78, 5) is 2.19. The first kappa shape index (κ1) is 10.3. The van der Waals surface area contributed by atoms with Crippen LogP contribution in [0.4, 0.5) is 4.39 Å². The van der Waals surface area contributed by atoms with Gasteiger partial charge in [-0.3, -0.25) is 4.90 Å². The van der Waals surface area contributed by atoms with Gasteiger partial charge in [-0.1, -0.05) is 12.8 Å². The van der Waals surface area contributed by atoms with Crippen molar-refractivity contribution >= 4 is 11.6 Å². The van der Waals surface area contributed by atoms with E-state index in [0.29, 0.717) is 18.5 Å². The van der Waals surface area contributed by atoms with Crippen molar-refractivity contribution in [3.63, 3.8) is 0 Å². The van der Waals surface area contributed by atoms with Gasteiger partial charge in [0.05, 0.1) is 0 Å². The van der Waals surface area contributed by atoms with E-state index in [9.17, 15) is 4.39 Å². The summed E-state index contributed by atoms with van der Waals surface area (Å²) >= 11 is 5.65. The number of alkyl halides is 2. The molecule has 0 aromatic carbocycles. The maximum Gasteiger partial charge on any atom is 0.102 e. The Hall–Kier alpha value is 0.180. The van der Waals surface area contributed by atoms with Gasteiger partial charge in [-0.05, 0) is 12.8 Å². The summed E-state index contributed by atoms with van der Waals surface area (Å²) in [7, 11) is 0. The van der Waals surface area contributed by atoms with E-state index in [1.54, 1.807) is 0 Å². The molecule has 0 unspecified atom stereocenters. The van der Waals surface area contributed by atoms with Crippen molar-refractivity contribution in [2.45, 2.75) is 31.7 Å². The van der Waals surface area contributed by atoms with Crippen LogP contribution >= 0.6 is 11.6 Å². The minimum Gasteiger partial charge on any atom is -0.297 e. The first-order valence-electron chi connectivity index (χ1n) is 4.74. The zero-order valence-corrected chi connectivity index (χ0v) is 8.19. The van der Waals surface area contributed by atoms with Gasteiger partial charge in [0.1, 0.15) is 6.67 Å². The van der Waals surface area contributed by atoms with Gasteiger partial charge in [-0.15, -0.1) is 11.6 Å². The SMILES string of the molecule is FCCN(CCCl)C1CCCC1. The third-order valence-electron chi connectivity index (χ3n) is 2.58. The number of hydrogen-bond donors (Lipinski definition) is 0. The van der Waals surface area contributed by atoms with Crippen LogP contribution in [0.1, 0.15) is 25.7 Å². The smallest absolute Gasteiger partial charge is 0.102 e. The van der Waals surface area contributed by atoms with Gasteiger partial charge in [0, 0.05) is 25.0 Å². The first-order chi connectivity index (χ1) is 5.88. The van der Waals surface area contributed by atoms with E-state index in [-0.39, 0.29) is 6.67 Å². The number of hydrogen-bond acceptors (Lipinski definition) is 1. The molecule has 0 radical (unpaired) electrons. The Bertz CT molecular complexity index is 109. The highest BCUT2D eigenvalue weighted by Crippen LogP contribution is 2.23. The Kier molecular flexibility index (Phi) is 4.93. The van der Waals surface area contributed by atoms with Crippen LogP contribution in [0.3, 0.4) is 0 Å². The Labute approximate surface area is 78.9 Å². The summed E-state index contributed by atoms with van der Waals surface area (Å²) in [5, 5.41) is 0. The van der Waals surface area contributed by atoms with Gasteiger partial charge < -0.3 is 0 Å². The molecule has 0 amide bonds. The van der Waals surface area contributed by atoms with Crippen LogP contribution in [0, 0.1) is 0 Å². The Balaban J connectivity index is 2.29. The molecule has 1 aliphatic rings. The van der Waals surface area contributed by atoms with Crippen LogP contribution < -0.4 is 0 Å². The first-order valence-corrected chi connectivity index (χ1v) is 5.28. The number of nitrogens with zero attached hydrogens (tertiary/aromatic N) is 1. The van der Waals surface area contributed by atoms with Crippen molar-refractivity contribution in [2.24, 2.45) is 0 Å². The molecule has 0 saturated heterocycles. The van der Waals surface area contributed by atoms with Gasteiger partial charge >= 0.3 is 0 Å². The second-order valence-corrected chi connectivity index (χ2v) is 3.73. The lowest BCUT2D eigenvalue weighted by molar-refractivity contribution is 0.193. The maximum atomic E-state index is 12.1. The van der Waals surface area contributed by atoms with E-state index in [2.05, 4.69) is 4.90 Å². The average molecular weight is 194 g/mol. The highest BCUT2D eigenvalue weighted by Gasteiger charge is 2.21.